The van der Waals surface area contributed by atoms with Crippen LogP contribution in [0.3, 0.4) is 0 Å². The molecule has 1 atom stereocenters. The summed E-state index contributed by atoms with van der Waals surface area (Å²) in [6.45, 7) is 2.79. The minimum atomic E-state index is 0.166. The molecule has 0 aromatic carbocycles. The number of nitrogens with zero attached hydrogens (tertiary/aromatic N) is 2. The van der Waals surface area contributed by atoms with Crippen LogP contribution in [0.25, 0.3) is 0 Å². The normalized spacial score (nSPS) is 19.0. The molecule has 0 amide bonds. The summed E-state index contributed by atoms with van der Waals surface area (Å²) < 4.78 is 3.07. The third kappa shape index (κ3) is 2.11. The van der Waals surface area contributed by atoms with Gasteiger partial charge in [0.1, 0.15) is 0 Å². The number of hydrogen-bond acceptors (Lipinski definition) is 2. The van der Waals surface area contributed by atoms with Gasteiger partial charge in [-0.2, -0.15) is 5.10 Å². The SMILES string of the molecule is CC(N)Cn1cc(Br)c(C2CC2)n1. The van der Waals surface area contributed by atoms with Gasteiger partial charge in [-0.05, 0) is 35.7 Å². The predicted octanol–water partition coefficient (Wildman–Crippen LogP) is 1.87. The Kier molecular flexibility index (Phi) is 2.43. The van der Waals surface area contributed by atoms with Crippen LogP contribution in [0.15, 0.2) is 10.7 Å². The summed E-state index contributed by atoms with van der Waals surface area (Å²) in [6.07, 6.45) is 4.60. The van der Waals surface area contributed by atoms with Crippen LogP contribution in [-0.4, -0.2) is 15.8 Å². The molecule has 1 saturated carbocycles. The van der Waals surface area contributed by atoms with Crippen LogP contribution >= 0.6 is 15.9 Å². The van der Waals surface area contributed by atoms with Crippen LogP contribution < -0.4 is 5.73 Å². The highest BCUT2D eigenvalue weighted by molar-refractivity contribution is 9.10. The van der Waals surface area contributed by atoms with Crippen molar-refractivity contribution in [3.63, 3.8) is 0 Å². The zero-order chi connectivity index (χ0) is 9.42. The first-order valence-electron chi connectivity index (χ1n) is 4.65. The zero-order valence-electron chi connectivity index (χ0n) is 7.70. The van der Waals surface area contributed by atoms with Crippen molar-refractivity contribution in [1.82, 2.24) is 9.78 Å². The van der Waals surface area contributed by atoms with E-state index in [4.69, 9.17) is 5.73 Å². The quantitative estimate of drug-likeness (QED) is 0.882. The maximum absolute atomic E-state index is 5.70. The number of halogens is 1. The molecule has 3 nitrogen and oxygen atoms in total. The van der Waals surface area contributed by atoms with Gasteiger partial charge in [-0.3, -0.25) is 4.68 Å². The Balaban J connectivity index is 2.14. The lowest BCUT2D eigenvalue weighted by molar-refractivity contribution is 0.533. The van der Waals surface area contributed by atoms with Gasteiger partial charge >= 0.3 is 0 Å². The van der Waals surface area contributed by atoms with Gasteiger partial charge in [-0.1, -0.05) is 0 Å². The van der Waals surface area contributed by atoms with Crippen molar-refractivity contribution in [3.05, 3.63) is 16.4 Å². The molecule has 2 rings (SSSR count). The Hall–Kier alpha value is -0.350. The molecule has 1 aromatic heterocycles. The smallest absolute Gasteiger partial charge is 0.0797 e. The first kappa shape index (κ1) is 9.21. The van der Waals surface area contributed by atoms with E-state index in [-0.39, 0.29) is 6.04 Å². The highest BCUT2D eigenvalue weighted by Crippen LogP contribution is 2.42. The lowest BCUT2D eigenvalue weighted by Crippen LogP contribution is -2.22. The molecule has 1 aliphatic rings. The summed E-state index contributed by atoms with van der Waals surface area (Å²) >= 11 is 3.52. The lowest BCUT2D eigenvalue weighted by atomic mass is 10.3. The van der Waals surface area contributed by atoms with Crippen LogP contribution in [-0.2, 0) is 6.54 Å². The van der Waals surface area contributed by atoms with Gasteiger partial charge in [0.25, 0.3) is 0 Å². The fourth-order valence-electron chi connectivity index (χ4n) is 1.43. The van der Waals surface area contributed by atoms with Gasteiger partial charge < -0.3 is 5.73 Å². The van der Waals surface area contributed by atoms with Crippen LogP contribution in [0.1, 0.15) is 31.4 Å². The lowest BCUT2D eigenvalue weighted by Gasteiger charge is -2.03. The molecule has 0 aliphatic heterocycles. The third-order valence-corrected chi connectivity index (χ3v) is 2.79. The summed E-state index contributed by atoms with van der Waals surface area (Å²) in [6, 6.07) is 0.166. The van der Waals surface area contributed by atoms with Crippen molar-refractivity contribution in [2.75, 3.05) is 0 Å². The van der Waals surface area contributed by atoms with E-state index in [1.54, 1.807) is 0 Å². The maximum Gasteiger partial charge on any atom is 0.0797 e. The molecule has 72 valence electrons. The van der Waals surface area contributed by atoms with Crippen LogP contribution in [0.4, 0.5) is 0 Å². The highest BCUT2D eigenvalue weighted by atomic mass is 79.9. The van der Waals surface area contributed by atoms with Gasteiger partial charge in [0.05, 0.1) is 16.7 Å². The van der Waals surface area contributed by atoms with Crippen LogP contribution in [0.2, 0.25) is 0 Å². The fourth-order valence-corrected chi connectivity index (χ4v) is 2.07. The largest absolute Gasteiger partial charge is 0.326 e. The van der Waals surface area contributed by atoms with E-state index in [1.165, 1.54) is 18.5 Å². The van der Waals surface area contributed by atoms with E-state index < -0.39 is 0 Å². The van der Waals surface area contributed by atoms with Gasteiger partial charge in [0.2, 0.25) is 0 Å². The highest BCUT2D eigenvalue weighted by Gasteiger charge is 2.28. The Morgan fingerprint density at radius 2 is 2.46 bits per heavy atom. The number of nitrogens with two attached hydrogens (primary N) is 1. The van der Waals surface area contributed by atoms with Gasteiger partial charge in [0.15, 0.2) is 0 Å². The molecule has 1 aromatic rings. The van der Waals surface area contributed by atoms with E-state index in [0.717, 1.165) is 11.0 Å². The summed E-state index contributed by atoms with van der Waals surface area (Å²) in [7, 11) is 0. The molecular weight excluding hydrogens is 230 g/mol. The molecule has 1 unspecified atom stereocenters. The van der Waals surface area contributed by atoms with Crippen LogP contribution in [0.5, 0.6) is 0 Å². The Morgan fingerprint density at radius 1 is 1.77 bits per heavy atom. The van der Waals surface area contributed by atoms with Crippen molar-refractivity contribution >= 4 is 15.9 Å². The monoisotopic (exact) mass is 243 g/mol. The second-order valence-electron chi connectivity index (χ2n) is 3.84. The van der Waals surface area contributed by atoms with Crippen LogP contribution in [0, 0.1) is 0 Å². The number of rotatable bonds is 3. The maximum atomic E-state index is 5.70. The van der Waals surface area contributed by atoms with E-state index >= 15 is 0 Å². The van der Waals surface area contributed by atoms with E-state index in [2.05, 4.69) is 21.0 Å². The Morgan fingerprint density at radius 3 is 3.00 bits per heavy atom. The second-order valence-corrected chi connectivity index (χ2v) is 4.69. The third-order valence-electron chi connectivity index (χ3n) is 2.18. The first-order valence-corrected chi connectivity index (χ1v) is 5.44. The van der Waals surface area contributed by atoms with Gasteiger partial charge in [-0.15, -0.1) is 0 Å². The topological polar surface area (TPSA) is 43.8 Å². The summed E-state index contributed by atoms with van der Waals surface area (Å²) in [5.41, 5.74) is 6.91. The fraction of sp³-hybridized carbons (Fsp3) is 0.667. The zero-order valence-corrected chi connectivity index (χ0v) is 9.29. The minimum absolute atomic E-state index is 0.166. The molecule has 1 heterocycles. The summed E-state index contributed by atoms with van der Waals surface area (Å²) in [5, 5.41) is 4.50. The molecule has 0 spiro atoms. The molecule has 1 aliphatic carbocycles. The van der Waals surface area contributed by atoms with Gasteiger partial charge in [-0.25, -0.2) is 0 Å². The second kappa shape index (κ2) is 3.42. The molecule has 0 bridgehead atoms. The molecular formula is C9H14BrN3. The van der Waals surface area contributed by atoms with E-state index in [0.29, 0.717) is 5.92 Å². The molecule has 13 heavy (non-hydrogen) atoms. The average Bonchev–Trinajstić information content (AvgIpc) is 2.77. The van der Waals surface area contributed by atoms with Crippen molar-refractivity contribution in [2.45, 2.75) is 38.3 Å². The van der Waals surface area contributed by atoms with Crippen molar-refractivity contribution < 1.29 is 0 Å². The standard InChI is InChI=1S/C9H14BrN3/c1-6(11)4-13-5-8(10)9(12-13)7-2-3-7/h5-7H,2-4,11H2,1H3. The summed E-state index contributed by atoms with van der Waals surface area (Å²) in [4.78, 5) is 0. The predicted molar refractivity (Wildman–Crippen MR) is 55.6 cm³/mol. The molecule has 0 saturated heterocycles. The number of aromatic nitrogens is 2. The van der Waals surface area contributed by atoms with Crippen molar-refractivity contribution in [3.8, 4) is 0 Å². The van der Waals surface area contributed by atoms with E-state index in [9.17, 15) is 0 Å². The van der Waals surface area contributed by atoms with E-state index in [1.807, 2.05) is 17.8 Å². The molecule has 0 radical (unpaired) electrons. The Labute approximate surface area is 86.4 Å². The molecule has 2 N–H and O–H groups in total. The van der Waals surface area contributed by atoms with Gasteiger partial charge in [0, 0.05) is 18.2 Å². The molecule has 4 heteroatoms. The minimum Gasteiger partial charge on any atom is -0.326 e. The molecule has 1 fully saturated rings. The summed E-state index contributed by atoms with van der Waals surface area (Å²) in [5.74, 6) is 0.698. The average molecular weight is 244 g/mol. The van der Waals surface area contributed by atoms with Crippen molar-refractivity contribution in [2.24, 2.45) is 5.73 Å². The first-order chi connectivity index (χ1) is 6.16. The van der Waals surface area contributed by atoms with Crippen molar-refractivity contribution in [1.29, 1.82) is 0 Å². The Bertz CT molecular complexity index is 302. The number of hydrogen-bond donors (Lipinski definition) is 1.